The number of aromatic nitrogens is 1. The predicted molar refractivity (Wildman–Crippen MR) is 68.6 cm³/mol. The number of rotatable bonds is 2. The Balaban J connectivity index is 0.000000771. The number of pyridine rings is 1. The number of nitro groups is 1. The van der Waals surface area contributed by atoms with Crippen LogP contribution in [0.25, 0.3) is 0 Å². The summed E-state index contributed by atoms with van der Waals surface area (Å²) in [7, 11) is 0. The summed E-state index contributed by atoms with van der Waals surface area (Å²) in [6.45, 7) is 6.23. The molecule has 1 aliphatic heterocycles. The lowest BCUT2D eigenvalue weighted by Gasteiger charge is -2.30. The molecule has 0 atom stereocenters. The van der Waals surface area contributed by atoms with Gasteiger partial charge in [0.15, 0.2) is 0 Å². The highest BCUT2D eigenvalue weighted by Crippen LogP contribution is 2.22. The average molecular weight is 251 g/mol. The zero-order chi connectivity index (χ0) is 13.5. The summed E-state index contributed by atoms with van der Waals surface area (Å²) < 4.78 is 0. The van der Waals surface area contributed by atoms with Gasteiger partial charge in [0.25, 0.3) is 5.69 Å². The summed E-state index contributed by atoms with van der Waals surface area (Å²) in [5.74, 6) is 1.62. The fraction of sp³-hybridized carbons (Fsp3) is 0.500. The SMILES string of the molecule is C=O.CC1CCN(c2ccc([N+](=O)[O-])cn2)CC1. The molecule has 6 nitrogen and oxygen atoms in total. The number of carbonyl (C=O) groups excluding carboxylic acids is 1. The monoisotopic (exact) mass is 251 g/mol. The van der Waals surface area contributed by atoms with Gasteiger partial charge in [-0.3, -0.25) is 10.1 Å². The second-order valence-corrected chi connectivity index (χ2v) is 4.30. The molecule has 0 spiro atoms. The predicted octanol–water partition coefficient (Wildman–Crippen LogP) is 2.04. The quantitative estimate of drug-likeness (QED) is 0.593. The Morgan fingerprint density at radius 3 is 2.44 bits per heavy atom. The van der Waals surface area contributed by atoms with Gasteiger partial charge in [0, 0.05) is 19.2 Å². The second kappa shape index (κ2) is 6.68. The van der Waals surface area contributed by atoms with Gasteiger partial charge in [-0.1, -0.05) is 6.92 Å². The van der Waals surface area contributed by atoms with E-state index in [1.54, 1.807) is 6.07 Å². The molecule has 0 aliphatic carbocycles. The van der Waals surface area contributed by atoms with Gasteiger partial charge in [-0.2, -0.15) is 0 Å². The average Bonchev–Trinajstić information content (AvgIpc) is 2.42. The standard InChI is InChI=1S/C11H15N3O2.CH2O/c1-9-4-6-13(7-5-9)11-3-2-10(8-12-11)14(15)16;1-2/h2-3,8-9H,4-7H2,1H3;1H2. The summed E-state index contributed by atoms with van der Waals surface area (Å²) in [6.07, 6.45) is 3.66. The van der Waals surface area contributed by atoms with E-state index in [0.29, 0.717) is 0 Å². The highest BCUT2D eigenvalue weighted by molar-refractivity contribution is 5.43. The minimum Gasteiger partial charge on any atom is -0.357 e. The summed E-state index contributed by atoms with van der Waals surface area (Å²) in [6, 6.07) is 3.24. The highest BCUT2D eigenvalue weighted by Gasteiger charge is 2.17. The van der Waals surface area contributed by atoms with E-state index < -0.39 is 4.92 Å². The van der Waals surface area contributed by atoms with Crippen LogP contribution in [0.3, 0.4) is 0 Å². The molecule has 2 rings (SSSR count). The van der Waals surface area contributed by atoms with Crippen molar-refractivity contribution < 1.29 is 9.72 Å². The first-order chi connectivity index (χ1) is 8.66. The van der Waals surface area contributed by atoms with E-state index in [1.807, 2.05) is 6.79 Å². The van der Waals surface area contributed by atoms with Crippen molar-refractivity contribution in [2.24, 2.45) is 5.92 Å². The number of hydrogen-bond donors (Lipinski definition) is 0. The van der Waals surface area contributed by atoms with Crippen LogP contribution in [0.2, 0.25) is 0 Å². The van der Waals surface area contributed by atoms with Crippen LogP contribution >= 0.6 is 0 Å². The first-order valence-electron chi connectivity index (χ1n) is 5.81. The summed E-state index contributed by atoms with van der Waals surface area (Å²) in [4.78, 5) is 24.4. The Labute approximate surface area is 106 Å². The Bertz CT molecular complexity index is 386. The molecule has 18 heavy (non-hydrogen) atoms. The van der Waals surface area contributed by atoms with Crippen LogP contribution < -0.4 is 4.90 Å². The van der Waals surface area contributed by atoms with Gasteiger partial charge in [0.1, 0.15) is 18.8 Å². The van der Waals surface area contributed by atoms with Crippen LogP contribution in [0.1, 0.15) is 19.8 Å². The van der Waals surface area contributed by atoms with Crippen LogP contribution in [0, 0.1) is 16.0 Å². The largest absolute Gasteiger partial charge is 0.357 e. The molecule has 0 saturated carbocycles. The molecule has 1 aromatic heterocycles. The molecule has 0 aromatic carbocycles. The number of carbonyl (C=O) groups is 1. The van der Waals surface area contributed by atoms with E-state index >= 15 is 0 Å². The summed E-state index contributed by atoms with van der Waals surface area (Å²) in [5, 5.41) is 10.5. The molecule has 1 aliphatic rings. The molecule has 98 valence electrons. The highest BCUT2D eigenvalue weighted by atomic mass is 16.6. The molecule has 0 bridgehead atoms. The Kier molecular flexibility index (Phi) is 5.23. The first-order valence-corrected chi connectivity index (χ1v) is 5.81. The maximum atomic E-state index is 10.5. The minimum atomic E-state index is -0.422. The lowest BCUT2D eigenvalue weighted by atomic mass is 9.99. The lowest BCUT2D eigenvalue weighted by molar-refractivity contribution is -0.385. The van der Waals surface area contributed by atoms with Crippen molar-refractivity contribution in [1.29, 1.82) is 0 Å². The first kappa shape index (κ1) is 14.1. The Morgan fingerprint density at radius 1 is 1.39 bits per heavy atom. The lowest BCUT2D eigenvalue weighted by Crippen LogP contribution is -2.33. The van der Waals surface area contributed by atoms with Crippen LogP contribution in [-0.4, -0.2) is 29.8 Å². The van der Waals surface area contributed by atoms with Crippen LogP contribution in [0.4, 0.5) is 11.5 Å². The van der Waals surface area contributed by atoms with Crippen molar-refractivity contribution in [3.05, 3.63) is 28.4 Å². The number of piperidine rings is 1. The Hall–Kier alpha value is -1.98. The molecule has 6 heteroatoms. The molecule has 0 unspecified atom stereocenters. The van der Waals surface area contributed by atoms with E-state index in [1.165, 1.54) is 25.1 Å². The van der Waals surface area contributed by atoms with Gasteiger partial charge < -0.3 is 9.69 Å². The molecule has 1 aromatic rings. The van der Waals surface area contributed by atoms with Gasteiger partial charge in [-0.15, -0.1) is 0 Å². The smallest absolute Gasteiger partial charge is 0.287 e. The fourth-order valence-electron chi connectivity index (χ4n) is 1.91. The molecular weight excluding hydrogens is 234 g/mol. The van der Waals surface area contributed by atoms with E-state index in [4.69, 9.17) is 4.79 Å². The molecule has 0 N–H and O–H groups in total. The topological polar surface area (TPSA) is 76.3 Å². The molecular formula is C12H17N3O3. The maximum Gasteiger partial charge on any atom is 0.287 e. The van der Waals surface area contributed by atoms with Gasteiger partial charge in [-0.25, -0.2) is 4.98 Å². The zero-order valence-electron chi connectivity index (χ0n) is 10.4. The fourth-order valence-corrected chi connectivity index (χ4v) is 1.91. The molecule has 1 saturated heterocycles. The van der Waals surface area contributed by atoms with Crippen molar-refractivity contribution in [3.8, 4) is 0 Å². The number of nitrogens with zero attached hydrogens (tertiary/aromatic N) is 3. The van der Waals surface area contributed by atoms with Crippen LogP contribution in [-0.2, 0) is 4.79 Å². The number of anilines is 1. The zero-order valence-corrected chi connectivity index (χ0v) is 10.4. The maximum absolute atomic E-state index is 10.5. The summed E-state index contributed by atoms with van der Waals surface area (Å²) >= 11 is 0. The van der Waals surface area contributed by atoms with Gasteiger partial charge in [-0.05, 0) is 24.8 Å². The van der Waals surface area contributed by atoms with Crippen molar-refractivity contribution >= 4 is 18.3 Å². The Morgan fingerprint density at radius 2 is 2.00 bits per heavy atom. The van der Waals surface area contributed by atoms with Crippen LogP contribution in [0.15, 0.2) is 18.3 Å². The van der Waals surface area contributed by atoms with E-state index in [2.05, 4.69) is 16.8 Å². The van der Waals surface area contributed by atoms with E-state index in [0.717, 1.165) is 24.8 Å². The van der Waals surface area contributed by atoms with E-state index in [9.17, 15) is 10.1 Å². The summed E-state index contributed by atoms with van der Waals surface area (Å²) in [5.41, 5.74) is 0.0501. The third kappa shape index (κ3) is 3.51. The molecule has 0 amide bonds. The molecule has 0 radical (unpaired) electrons. The van der Waals surface area contributed by atoms with Crippen LogP contribution in [0.5, 0.6) is 0 Å². The van der Waals surface area contributed by atoms with Crippen molar-refractivity contribution in [2.45, 2.75) is 19.8 Å². The van der Waals surface area contributed by atoms with E-state index in [-0.39, 0.29) is 5.69 Å². The normalized spacial score (nSPS) is 15.7. The minimum absolute atomic E-state index is 0.0501. The van der Waals surface area contributed by atoms with Gasteiger partial charge in [0.05, 0.1) is 4.92 Å². The second-order valence-electron chi connectivity index (χ2n) is 4.30. The van der Waals surface area contributed by atoms with Crippen molar-refractivity contribution in [2.75, 3.05) is 18.0 Å². The van der Waals surface area contributed by atoms with Crippen molar-refractivity contribution in [1.82, 2.24) is 4.98 Å². The molecule has 1 fully saturated rings. The van der Waals surface area contributed by atoms with Gasteiger partial charge >= 0.3 is 0 Å². The van der Waals surface area contributed by atoms with Crippen molar-refractivity contribution in [3.63, 3.8) is 0 Å². The third-order valence-corrected chi connectivity index (χ3v) is 3.05. The number of hydrogen-bond acceptors (Lipinski definition) is 5. The van der Waals surface area contributed by atoms with Gasteiger partial charge in [0.2, 0.25) is 0 Å². The molecule has 2 heterocycles. The third-order valence-electron chi connectivity index (χ3n) is 3.05.